The summed E-state index contributed by atoms with van der Waals surface area (Å²) in [6.45, 7) is 0. The van der Waals surface area contributed by atoms with Crippen molar-refractivity contribution < 1.29 is 9.59 Å². The molecule has 2 heterocycles. The number of nitrogens with two attached hydrogens (primary N) is 1. The van der Waals surface area contributed by atoms with Gasteiger partial charge in [-0.15, -0.1) is 0 Å². The number of primary amides is 1. The Kier molecular flexibility index (Phi) is 5.41. The molecule has 1 aliphatic rings. The van der Waals surface area contributed by atoms with Crippen molar-refractivity contribution in [2.24, 2.45) is 5.73 Å². The highest BCUT2D eigenvalue weighted by molar-refractivity contribution is 6.00. The lowest BCUT2D eigenvalue weighted by atomic mass is 9.89. The van der Waals surface area contributed by atoms with Gasteiger partial charge in [-0.05, 0) is 53.6 Å². The first-order valence-electron chi connectivity index (χ1n) is 9.60. The van der Waals surface area contributed by atoms with Gasteiger partial charge in [-0.25, -0.2) is 0 Å². The molecule has 31 heavy (non-hydrogen) atoms. The fourth-order valence-electron chi connectivity index (χ4n) is 3.61. The largest absolute Gasteiger partial charge is 0.366 e. The van der Waals surface area contributed by atoms with Crippen LogP contribution in [0.1, 0.15) is 27.2 Å². The average molecular weight is 406 g/mol. The van der Waals surface area contributed by atoms with Gasteiger partial charge < -0.3 is 15.4 Å². The standard InChI is InChI=1S/C25H18N4O2/c26-14-18-6-1-2-9-21(18)22-13-19(23-10-3-4-11-28-23)15-29(24(22)16-30)20-8-5-7-17(12-20)25(27)31/h1-13,15-16,24H,(H2,27,31). The first-order valence-corrected chi connectivity index (χ1v) is 9.60. The van der Waals surface area contributed by atoms with Crippen LogP contribution in [0.2, 0.25) is 0 Å². The van der Waals surface area contributed by atoms with E-state index in [1.807, 2.05) is 42.6 Å². The zero-order valence-electron chi connectivity index (χ0n) is 16.5. The highest BCUT2D eigenvalue weighted by atomic mass is 16.1. The number of benzene rings is 2. The number of carbonyl (C=O) groups excluding carboxylic acids is 2. The Bertz CT molecular complexity index is 1260. The summed E-state index contributed by atoms with van der Waals surface area (Å²) in [6.07, 6.45) is 6.21. The van der Waals surface area contributed by atoms with Gasteiger partial charge in [0.2, 0.25) is 5.91 Å². The minimum absolute atomic E-state index is 0.337. The second kappa shape index (κ2) is 8.47. The Labute approximate surface area is 179 Å². The molecule has 1 aliphatic heterocycles. The molecule has 0 fully saturated rings. The van der Waals surface area contributed by atoms with E-state index in [-0.39, 0.29) is 0 Å². The van der Waals surface area contributed by atoms with E-state index in [1.165, 1.54) is 0 Å². The molecule has 3 aromatic rings. The Balaban J connectivity index is 1.93. The number of aldehydes is 1. The lowest BCUT2D eigenvalue weighted by Crippen LogP contribution is -2.36. The SMILES string of the molecule is N#Cc1ccccc1C1=CC(c2ccccn2)=CN(c2cccc(C(N)=O)c2)C1C=O. The van der Waals surface area contributed by atoms with E-state index in [0.717, 1.165) is 17.6 Å². The van der Waals surface area contributed by atoms with Gasteiger partial charge in [0, 0.05) is 29.2 Å². The third-order valence-corrected chi connectivity index (χ3v) is 5.08. The van der Waals surface area contributed by atoms with E-state index in [0.29, 0.717) is 28.0 Å². The quantitative estimate of drug-likeness (QED) is 0.653. The molecule has 2 aromatic carbocycles. The number of pyridine rings is 1. The number of anilines is 1. The Morgan fingerprint density at radius 1 is 1.10 bits per heavy atom. The molecule has 1 aromatic heterocycles. The van der Waals surface area contributed by atoms with Crippen molar-refractivity contribution in [2.45, 2.75) is 6.04 Å². The summed E-state index contributed by atoms with van der Waals surface area (Å²) in [7, 11) is 0. The summed E-state index contributed by atoms with van der Waals surface area (Å²) in [5.41, 5.74) is 9.70. The minimum atomic E-state index is -0.704. The maximum Gasteiger partial charge on any atom is 0.248 e. The predicted molar refractivity (Wildman–Crippen MR) is 119 cm³/mol. The van der Waals surface area contributed by atoms with E-state index >= 15 is 0 Å². The lowest BCUT2D eigenvalue weighted by molar-refractivity contribution is -0.107. The van der Waals surface area contributed by atoms with Crippen LogP contribution in [0.4, 0.5) is 5.69 Å². The van der Waals surface area contributed by atoms with Crippen LogP contribution in [0.15, 0.2) is 85.2 Å². The van der Waals surface area contributed by atoms with E-state index in [9.17, 15) is 14.9 Å². The molecule has 0 radical (unpaired) electrons. The zero-order chi connectivity index (χ0) is 21.8. The summed E-state index contributed by atoms with van der Waals surface area (Å²) >= 11 is 0. The van der Waals surface area contributed by atoms with Gasteiger partial charge in [0.1, 0.15) is 12.3 Å². The van der Waals surface area contributed by atoms with Gasteiger partial charge in [0.25, 0.3) is 0 Å². The molecule has 2 N–H and O–H groups in total. The van der Waals surface area contributed by atoms with E-state index < -0.39 is 11.9 Å². The number of aromatic nitrogens is 1. The number of allylic oxidation sites excluding steroid dienone is 2. The van der Waals surface area contributed by atoms with Crippen LogP contribution in [-0.4, -0.2) is 23.2 Å². The van der Waals surface area contributed by atoms with Crippen LogP contribution in [0.25, 0.3) is 11.1 Å². The van der Waals surface area contributed by atoms with Crippen molar-refractivity contribution in [3.8, 4) is 6.07 Å². The fourth-order valence-corrected chi connectivity index (χ4v) is 3.61. The summed E-state index contributed by atoms with van der Waals surface area (Å²) in [6, 6.07) is 21.0. The lowest BCUT2D eigenvalue weighted by Gasteiger charge is -2.33. The number of nitriles is 1. The predicted octanol–water partition coefficient (Wildman–Crippen LogP) is 3.56. The second-order valence-corrected chi connectivity index (χ2v) is 6.96. The highest BCUT2D eigenvalue weighted by Crippen LogP contribution is 2.36. The van der Waals surface area contributed by atoms with Crippen LogP contribution in [0, 0.1) is 11.3 Å². The third kappa shape index (κ3) is 3.85. The van der Waals surface area contributed by atoms with Crippen molar-refractivity contribution in [3.05, 3.63) is 108 Å². The first kappa shape index (κ1) is 19.8. The molecule has 1 unspecified atom stereocenters. The summed E-state index contributed by atoms with van der Waals surface area (Å²) < 4.78 is 0. The summed E-state index contributed by atoms with van der Waals surface area (Å²) in [5, 5.41) is 9.61. The molecule has 0 aliphatic carbocycles. The molecule has 0 spiro atoms. The number of rotatable bonds is 5. The number of nitrogens with zero attached hydrogens (tertiary/aromatic N) is 3. The second-order valence-electron chi connectivity index (χ2n) is 6.96. The summed E-state index contributed by atoms with van der Waals surface area (Å²) in [5.74, 6) is -0.555. The number of carbonyl (C=O) groups is 2. The van der Waals surface area contributed by atoms with E-state index in [2.05, 4.69) is 11.1 Å². The van der Waals surface area contributed by atoms with Crippen molar-refractivity contribution >= 4 is 29.0 Å². The third-order valence-electron chi connectivity index (χ3n) is 5.08. The van der Waals surface area contributed by atoms with Gasteiger partial charge in [-0.2, -0.15) is 5.26 Å². The molecular formula is C25H18N4O2. The van der Waals surface area contributed by atoms with Crippen LogP contribution < -0.4 is 10.6 Å². The van der Waals surface area contributed by atoms with Gasteiger partial charge >= 0.3 is 0 Å². The van der Waals surface area contributed by atoms with Gasteiger partial charge in [-0.1, -0.05) is 30.3 Å². The topological polar surface area (TPSA) is 100 Å². The Hall–Kier alpha value is -4.50. The Morgan fingerprint density at radius 3 is 2.61 bits per heavy atom. The zero-order valence-corrected chi connectivity index (χ0v) is 16.5. The first-order chi connectivity index (χ1) is 15.1. The molecule has 6 nitrogen and oxygen atoms in total. The molecule has 0 bridgehead atoms. The van der Waals surface area contributed by atoms with Gasteiger partial charge in [0.15, 0.2) is 0 Å². The van der Waals surface area contributed by atoms with E-state index in [1.54, 1.807) is 47.5 Å². The molecule has 4 rings (SSSR count). The summed E-state index contributed by atoms with van der Waals surface area (Å²) in [4.78, 5) is 30.2. The van der Waals surface area contributed by atoms with Gasteiger partial charge in [-0.3, -0.25) is 9.78 Å². The molecule has 1 amide bonds. The van der Waals surface area contributed by atoms with Crippen LogP contribution >= 0.6 is 0 Å². The minimum Gasteiger partial charge on any atom is -0.366 e. The van der Waals surface area contributed by atoms with Crippen molar-refractivity contribution in [2.75, 3.05) is 4.90 Å². The molecule has 0 saturated carbocycles. The fraction of sp³-hybridized carbons (Fsp3) is 0.0400. The Morgan fingerprint density at radius 2 is 1.90 bits per heavy atom. The smallest absolute Gasteiger partial charge is 0.248 e. The number of hydrogen-bond acceptors (Lipinski definition) is 5. The monoisotopic (exact) mass is 406 g/mol. The highest BCUT2D eigenvalue weighted by Gasteiger charge is 2.29. The molecule has 6 heteroatoms. The number of hydrogen-bond donors (Lipinski definition) is 1. The maximum atomic E-state index is 12.3. The van der Waals surface area contributed by atoms with Crippen molar-refractivity contribution in [1.82, 2.24) is 4.98 Å². The van der Waals surface area contributed by atoms with E-state index in [4.69, 9.17) is 5.73 Å². The van der Waals surface area contributed by atoms with Crippen LogP contribution in [0.5, 0.6) is 0 Å². The molecule has 0 saturated heterocycles. The average Bonchev–Trinajstić information content (AvgIpc) is 2.83. The molecule has 1 atom stereocenters. The molecule has 150 valence electrons. The normalized spacial score (nSPS) is 15.5. The van der Waals surface area contributed by atoms with Crippen LogP contribution in [-0.2, 0) is 4.79 Å². The number of amides is 1. The molecular weight excluding hydrogens is 388 g/mol. The van der Waals surface area contributed by atoms with Crippen LogP contribution in [0.3, 0.4) is 0 Å². The van der Waals surface area contributed by atoms with Crippen molar-refractivity contribution in [1.29, 1.82) is 5.26 Å². The van der Waals surface area contributed by atoms with Gasteiger partial charge in [0.05, 0.1) is 17.3 Å². The maximum absolute atomic E-state index is 12.3. The van der Waals surface area contributed by atoms with Crippen molar-refractivity contribution in [3.63, 3.8) is 0 Å².